The molecular formula is C10H13ClN2O2. The topological polar surface area (TPSA) is 64.3 Å². The molecule has 0 heterocycles. The molecule has 15 heavy (non-hydrogen) atoms. The zero-order valence-electron chi connectivity index (χ0n) is 8.58. The average Bonchev–Trinajstić information content (AvgIpc) is 2.22. The van der Waals surface area contributed by atoms with E-state index in [1.165, 1.54) is 7.11 Å². The quantitative estimate of drug-likeness (QED) is 0.777. The number of nitrogens with two attached hydrogens (primary N) is 1. The molecular weight excluding hydrogens is 216 g/mol. The standard InChI is InChI=1S/C10H13ClN2O2/c1-6(15-2)10(14)13-7-3-4-8(11)9(12)5-7/h3-6H,12H2,1-2H3,(H,13,14). The molecule has 0 aliphatic heterocycles. The van der Waals surface area contributed by atoms with Crippen LogP contribution in [0.15, 0.2) is 18.2 Å². The van der Waals surface area contributed by atoms with Gasteiger partial charge in [-0.15, -0.1) is 0 Å². The third-order valence-corrected chi connectivity index (χ3v) is 2.33. The highest BCUT2D eigenvalue weighted by molar-refractivity contribution is 6.33. The van der Waals surface area contributed by atoms with E-state index >= 15 is 0 Å². The van der Waals surface area contributed by atoms with Gasteiger partial charge in [0.25, 0.3) is 5.91 Å². The normalized spacial score (nSPS) is 12.2. The summed E-state index contributed by atoms with van der Waals surface area (Å²) in [5.74, 6) is -0.223. The first-order valence-corrected chi connectivity index (χ1v) is 4.81. The van der Waals surface area contributed by atoms with Crippen molar-refractivity contribution in [2.75, 3.05) is 18.2 Å². The van der Waals surface area contributed by atoms with E-state index in [-0.39, 0.29) is 5.91 Å². The van der Waals surface area contributed by atoms with Crippen molar-refractivity contribution in [3.63, 3.8) is 0 Å². The monoisotopic (exact) mass is 228 g/mol. The SMILES string of the molecule is COC(C)C(=O)Nc1ccc(Cl)c(N)c1. The summed E-state index contributed by atoms with van der Waals surface area (Å²) in [7, 11) is 1.47. The fourth-order valence-electron chi connectivity index (χ4n) is 0.972. The van der Waals surface area contributed by atoms with Crippen LogP contribution in [0.3, 0.4) is 0 Å². The third-order valence-electron chi connectivity index (χ3n) is 1.99. The van der Waals surface area contributed by atoms with Crippen molar-refractivity contribution in [1.29, 1.82) is 0 Å². The molecule has 0 bridgehead atoms. The van der Waals surface area contributed by atoms with E-state index < -0.39 is 6.10 Å². The molecule has 1 aromatic carbocycles. The number of anilines is 2. The van der Waals surface area contributed by atoms with Crippen molar-refractivity contribution in [3.05, 3.63) is 23.2 Å². The highest BCUT2D eigenvalue weighted by Gasteiger charge is 2.11. The highest BCUT2D eigenvalue weighted by Crippen LogP contribution is 2.22. The van der Waals surface area contributed by atoms with Crippen molar-refractivity contribution in [3.8, 4) is 0 Å². The fourth-order valence-corrected chi connectivity index (χ4v) is 1.09. The Bertz CT molecular complexity index is 368. The number of nitrogens with one attached hydrogen (secondary N) is 1. The molecule has 0 aliphatic carbocycles. The van der Waals surface area contributed by atoms with Gasteiger partial charge in [-0.05, 0) is 25.1 Å². The van der Waals surface area contributed by atoms with Gasteiger partial charge in [0, 0.05) is 12.8 Å². The number of carbonyl (C=O) groups excluding carboxylic acids is 1. The van der Waals surface area contributed by atoms with E-state index in [9.17, 15) is 4.79 Å². The summed E-state index contributed by atoms with van der Waals surface area (Å²) in [6, 6.07) is 4.91. The van der Waals surface area contributed by atoms with Crippen LogP contribution < -0.4 is 11.1 Å². The summed E-state index contributed by atoms with van der Waals surface area (Å²) in [5, 5.41) is 3.12. The van der Waals surface area contributed by atoms with Gasteiger partial charge in [0.2, 0.25) is 0 Å². The Morgan fingerprint density at radius 3 is 2.80 bits per heavy atom. The van der Waals surface area contributed by atoms with Crippen LogP contribution in [0, 0.1) is 0 Å². The Morgan fingerprint density at radius 2 is 2.27 bits per heavy atom. The summed E-state index contributed by atoms with van der Waals surface area (Å²) >= 11 is 5.74. The van der Waals surface area contributed by atoms with Crippen LogP contribution in [0.1, 0.15) is 6.92 Å². The van der Waals surface area contributed by atoms with Crippen LogP contribution in [0.2, 0.25) is 5.02 Å². The number of amides is 1. The van der Waals surface area contributed by atoms with Gasteiger partial charge in [-0.1, -0.05) is 11.6 Å². The number of carbonyl (C=O) groups is 1. The van der Waals surface area contributed by atoms with Crippen molar-refractivity contribution < 1.29 is 9.53 Å². The van der Waals surface area contributed by atoms with Gasteiger partial charge in [0.05, 0.1) is 10.7 Å². The number of methoxy groups -OCH3 is 1. The molecule has 5 heteroatoms. The number of hydrogen-bond acceptors (Lipinski definition) is 3. The predicted octanol–water partition coefficient (Wildman–Crippen LogP) is 1.90. The van der Waals surface area contributed by atoms with Crippen molar-refractivity contribution in [1.82, 2.24) is 0 Å². The summed E-state index contributed by atoms with van der Waals surface area (Å²) < 4.78 is 4.87. The van der Waals surface area contributed by atoms with Crippen molar-refractivity contribution in [2.24, 2.45) is 0 Å². The molecule has 1 atom stereocenters. The largest absolute Gasteiger partial charge is 0.397 e. The molecule has 1 unspecified atom stereocenters. The number of hydrogen-bond donors (Lipinski definition) is 2. The van der Waals surface area contributed by atoms with Crippen LogP contribution >= 0.6 is 11.6 Å². The highest BCUT2D eigenvalue weighted by atomic mass is 35.5. The summed E-state index contributed by atoms with van der Waals surface area (Å²) in [6.45, 7) is 1.66. The molecule has 0 spiro atoms. The number of ether oxygens (including phenoxy) is 1. The van der Waals surface area contributed by atoms with E-state index in [1.807, 2.05) is 0 Å². The zero-order chi connectivity index (χ0) is 11.4. The molecule has 1 rings (SSSR count). The molecule has 82 valence electrons. The van der Waals surface area contributed by atoms with E-state index in [2.05, 4.69) is 5.32 Å². The molecule has 0 radical (unpaired) electrons. The molecule has 1 aromatic rings. The Kier molecular flexibility index (Phi) is 3.94. The second kappa shape index (κ2) is 5.00. The van der Waals surface area contributed by atoms with Gasteiger partial charge in [0.1, 0.15) is 6.10 Å². The molecule has 4 nitrogen and oxygen atoms in total. The van der Waals surface area contributed by atoms with E-state index in [4.69, 9.17) is 22.1 Å². The van der Waals surface area contributed by atoms with Gasteiger partial charge in [0.15, 0.2) is 0 Å². The van der Waals surface area contributed by atoms with Crippen LogP contribution in [-0.2, 0) is 9.53 Å². The van der Waals surface area contributed by atoms with Gasteiger partial charge >= 0.3 is 0 Å². The van der Waals surface area contributed by atoms with Gasteiger partial charge in [-0.25, -0.2) is 0 Å². The predicted molar refractivity (Wildman–Crippen MR) is 61.0 cm³/mol. The number of rotatable bonds is 3. The van der Waals surface area contributed by atoms with Gasteiger partial charge in [-0.2, -0.15) is 0 Å². The lowest BCUT2D eigenvalue weighted by Crippen LogP contribution is -2.26. The van der Waals surface area contributed by atoms with E-state index in [1.54, 1.807) is 25.1 Å². The Balaban J connectivity index is 2.73. The first-order chi connectivity index (χ1) is 7.04. The average molecular weight is 229 g/mol. The van der Waals surface area contributed by atoms with Crippen LogP contribution in [0.5, 0.6) is 0 Å². The summed E-state index contributed by atoms with van der Waals surface area (Å²) in [6.07, 6.45) is -0.498. The molecule has 1 amide bonds. The first-order valence-electron chi connectivity index (χ1n) is 4.43. The maximum absolute atomic E-state index is 11.4. The molecule has 3 N–H and O–H groups in total. The van der Waals surface area contributed by atoms with Crippen LogP contribution in [-0.4, -0.2) is 19.1 Å². The molecule has 0 aliphatic rings. The minimum absolute atomic E-state index is 0.223. The summed E-state index contributed by atoms with van der Waals surface area (Å²) in [4.78, 5) is 11.4. The van der Waals surface area contributed by atoms with Crippen molar-refractivity contribution in [2.45, 2.75) is 13.0 Å². The van der Waals surface area contributed by atoms with Crippen molar-refractivity contribution >= 4 is 28.9 Å². The smallest absolute Gasteiger partial charge is 0.253 e. The minimum Gasteiger partial charge on any atom is -0.397 e. The molecule has 0 saturated carbocycles. The second-order valence-corrected chi connectivity index (χ2v) is 3.51. The molecule has 0 fully saturated rings. The maximum Gasteiger partial charge on any atom is 0.253 e. The first kappa shape index (κ1) is 11.8. The van der Waals surface area contributed by atoms with E-state index in [0.717, 1.165) is 0 Å². The number of halogens is 1. The minimum atomic E-state index is -0.498. The van der Waals surface area contributed by atoms with Crippen LogP contribution in [0.25, 0.3) is 0 Å². The third kappa shape index (κ3) is 3.11. The maximum atomic E-state index is 11.4. The zero-order valence-corrected chi connectivity index (χ0v) is 9.34. The number of benzene rings is 1. The lowest BCUT2D eigenvalue weighted by Gasteiger charge is -2.10. The Labute approximate surface area is 93.4 Å². The van der Waals surface area contributed by atoms with E-state index in [0.29, 0.717) is 16.4 Å². The fraction of sp³-hybridized carbons (Fsp3) is 0.300. The Hall–Kier alpha value is -1.26. The lowest BCUT2D eigenvalue weighted by atomic mass is 10.2. The summed E-state index contributed by atoms with van der Waals surface area (Å²) in [5.41, 5.74) is 6.62. The molecule has 0 aromatic heterocycles. The lowest BCUT2D eigenvalue weighted by molar-refractivity contribution is -0.124. The Morgan fingerprint density at radius 1 is 1.60 bits per heavy atom. The number of nitrogen functional groups attached to an aromatic ring is 1. The van der Waals surface area contributed by atoms with Gasteiger partial charge < -0.3 is 15.8 Å². The molecule has 0 saturated heterocycles. The van der Waals surface area contributed by atoms with Gasteiger partial charge in [-0.3, -0.25) is 4.79 Å². The second-order valence-electron chi connectivity index (χ2n) is 3.10. The van der Waals surface area contributed by atoms with Crippen LogP contribution in [0.4, 0.5) is 11.4 Å².